The van der Waals surface area contributed by atoms with Gasteiger partial charge in [0.2, 0.25) is 5.91 Å². The van der Waals surface area contributed by atoms with Crippen LogP contribution >= 0.6 is 11.3 Å². The van der Waals surface area contributed by atoms with Crippen LogP contribution in [0.5, 0.6) is 5.75 Å². The number of benzene rings is 2. The zero-order chi connectivity index (χ0) is 16.9. The zero-order valence-corrected chi connectivity index (χ0v) is 14.5. The van der Waals surface area contributed by atoms with E-state index in [1.54, 1.807) is 11.3 Å². The molecule has 0 aliphatic carbocycles. The van der Waals surface area contributed by atoms with E-state index in [9.17, 15) is 9.90 Å². The zero-order valence-electron chi connectivity index (χ0n) is 13.7. The van der Waals surface area contributed by atoms with E-state index in [1.807, 2.05) is 53.9 Å². The molecular weight excluding hydrogens is 318 g/mol. The lowest BCUT2D eigenvalue weighted by molar-refractivity contribution is -0.121. The largest absolute Gasteiger partial charge is 0.507 e. The van der Waals surface area contributed by atoms with Crippen LogP contribution in [0.2, 0.25) is 0 Å². The highest BCUT2D eigenvalue weighted by Crippen LogP contribution is 2.36. The van der Waals surface area contributed by atoms with Crippen molar-refractivity contribution in [2.75, 3.05) is 0 Å². The molecule has 2 aromatic carbocycles. The van der Waals surface area contributed by atoms with Crippen LogP contribution in [0, 0.1) is 0 Å². The number of unbranched alkanes of at least 4 members (excludes halogenated alkanes) is 1. The summed E-state index contributed by atoms with van der Waals surface area (Å²) in [6, 6.07) is 15.3. The SMILES string of the molecule is CCCCC(=O)NC(c1cccs1)c1ccc2ccccc2c1O. The summed E-state index contributed by atoms with van der Waals surface area (Å²) in [5.74, 6) is 0.255. The molecule has 1 heterocycles. The molecule has 0 aliphatic rings. The van der Waals surface area contributed by atoms with Crippen molar-refractivity contribution in [3.63, 3.8) is 0 Å². The Morgan fingerprint density at radius 2 is 2.00 bits per heavy atom. The summed E-state index contributed by atoms with van der Waals surface area (Å²) >= 11 is 1.58. The second-order valence-corrected chi connectivity index (χ2v) is 6.82. The predicted molar refractivity (Wildman–Crippen MR) is 99.4 cm³/mol. The predicted octanol–water partition coefficient (Wildman–Crippen LogP) is 5.00. The molecule has 0 aliphatic heterocycles. The van der Waals surface area contributed by atoms with E-state index in [0.29, 0.717) is 6.42 Å². The Morgan fingerprint density at radius 3 is 2.75 bits per heavy atom. The minimum absolute atomic E-state index is 0.0165. The molecule has 0 saturated heterocycles. The van der Waals surface area contributed by atoms with Crippen LogP contribution in [-0.2, 0) is 4.79 Å². The van der Waals surface area contributed by atoms with E-state index in [2.05, 4.69) is 12.2 Å². The molecule has 0 radical (unpaired) electrons. The third-order valence-corrected chi connectivity index (χ3v) is 5.07. The molecule has 0 saturated carbocycles. The number of phenolic OH excluding ortho intramolecular Hbond substituents is 1. The van der Waals surface area contributed by atoms with Crippen LogP contribution in [0.25, 0.3) is 10.8 Å². The van der Waals surface area contributed by atoms with Crippen molar-refractivity contribution in [3.05, 3.63) is 64.4 Å². The van der Waals surface area contributed by atoms with E-state index < -0.39 is 0 Å². The number of rotatable bonds is 6. The highest BCUT2D eigenvalue weighted by Gasteiger charge is 2.21. The molecule has 124 valence electrons. The van der Waals surface area contributed by atoms with E-state index in [4.69, 9.17) is 0 Å². The molecule has 3 nitrogen and oxygen atoms in total. The monoisotopic (exact) mass is 339 g/mol. The van der Waals surface area contributed by atoms with Crippen molar-refractivity contribution < 1.29 is 9.90 Å². The van der Waals surface area contributed by atoms with Crippen LogP contribution in [0.1, 0.15) is 42.7 Å². The van der Waals surface area contributed by atoms with Gasteiger partial charge >= 0.3 is 0 Å². The van der Waals surface area contributed by atoms with E-state index in [1.165, 1.54) is 0 Å². The van der Waals surface area contributed by atoms with Crippen molar-refractivity contribution in [3.8, 4) is 5.75 Å². The first kappa shape index (κ1) is 16.5. The van der Waals surface area contributed by atoms with Crippen molar-refractivity contribution in [1.82, 2.24) is 5.32 Å². The summed E-state index contributed by atoms with van der Waals surface area (Å²) in [4.78, 5) is 13.3. The minimum Gasteiger partial charge on any atom is -0.507 e. The highest BCUT2D eigenvalue weighted by molar-refractivity contribution is 7.10. The molecule has 1 aromatic heterocycles. The van der Waals surface area contributed by atoms with E-state index >= 15 is 0 Å². The number of hydrogen-bond acceptors (Lipinski definition) is 3. The first-order valence-electron chi connectivity index (χ1n) is 8.24. The van der Waals surface area contributed by atoms with Gasteiger partial charge in [0.25, 0.3) is 0 Å². The smallest absolute Gasteiger partial charge is 0.220 e. The standard InChI is InChI=1S/C20H21NO2S/c1-2-3-10-18(22)21-19(17-9-6-13-24-17)16-12-11-14-7-4-5-8-15(14)20(16)23/h4-9,11-13,19,23H,2-3,10H2,1H3,(H,21,22). The minimum atomic E-state index is -0.320. The lowest BCUT2D eigenvalue weighted by Gasteiger charge is -2.20. The van der Waals surface area contributed by atoms with Gasteiger partial charge in [-0.1, -0.05) is 55.8 Å². The van der Waals surface area contributed by atoms with Crippen molar-refractivity contribution in [1.29, 1.82) is 0 Å². The van der Waals surface area contributed by atoms with Crippen molar-refractivity contribution in [2.24, 2.45) is 0 Å². The molecular formula is C20H21NO2S. The maximum Gasteiger partial charge on any atom is 0.220 e. The summed E-state index contributed by atoms with van der Waals surface area (Å²) in [7, 11) is 0. The number of carbonyl (C=O) groups is 1. The molecule has 3 aromatic rings. The van der Waals surface area contributed by atoms with E-state index in [0.717, 1.165) is 34.1 Å². The normalized spacial score (nSPS) is 12.2. The molecule has 1 atom stereocenters. The number of nitrogens with one attached hydrogen (secondary N) is 1. The second-order valence-electron chi connectivity index (χ2n) is 5.84. The number of phenols is 1. The maximum absolute atomic E-state index is 12.3. The van der Waals surface area contributed by atoms with Gasteiger partial charge in [-0.05, 0) is 23.3 Å². The van der Waals surface area contributed by atoms with Crippen molar-refractivity contribution >= 4 is 28.0 Å². The van der Waals surface area contributed by atoms with Gasteiger partial charge in [0.05, 0.1) is 6.04 Å². The van der Waals surface area contributed by atoms with Gasteiger partial charge in [-0.3, -0.25) is 4.79 Å². The Bertz CT molecular complexity index is 827. The fourth-order valence-corrected chi connectivity index (χ4v) is 3.63. The lowest BCUT2D eigenvalue weighted by Crippen LogP contribution is -2.28. The van der Waals surface area contributed by atoms with Gasteiger partial charge < -0.3 is 10.4 Å². The Morgan fingerprint density at radius 1 is 1.17 bits per heavy atom. The van der Waals surface area contributed by atoms with E-state index in [-0.39, 0.29) is 17.7 Å². The quantitative estimate of drug-likeness (QED) is 0.664. The fourth-order valence-electron chi connectivity index (χ4n) is 2.83. The fraction of sp³-hybridized carbons (Fsp3) is 0.250. The number of thiophene rings is 1. The van der Waals surface area contributed by atoms with Gasteiger partial charge in [-0.15, -0.1) is 11.3 Å². The first-order valence-corrected chi connectivity index (χ1v) is 9.12. The Kier molecular flexibility index (Phi) is 5.16. The topological polar surface area (TPSA) is 49.3 Å². The van der Waals surface area contributed by atoms with Gasteiger partial charge in [0.1, 0.15) is 5.75 Å². The highest BCUT2D eigenvalue weighted by atomic mass is 32.1. The molecule has 2 N–H and O–H groups in total. The Balaban J connectivity index is 1.99. The summed E-state index contributed by atoms with van der Waals surface area (Å²) in [5, 5.41) is 17.6. The van der Waals surface area contributed by atoms with Crippen molar-refractivity contribution in [2.45, 2.75) is 32.2 Å². The van der Waals surface area contributed by atoms with Crippen LogP contribution in [0.4, 0.5) is 0 Å². The second kappa shape index (κ2) is 7.49. The van der Waals surface area contributed by atoms with Gasteiger partial charge in [-0.2, -0.15) is 0 Å². The number of aromatic hydroxyl groups is 1. The Hall–Kier alpha value is -2.33. The molecule has 0 bridgehead atoms. The molecule has 0 fully saturated rings. The molecule has 1 amide bonds. The summed E-state index contributed by atoms with van der Waals surface area (Å²) < 4.78 is 0. The van der Waals surface area contributed by atoms with Crippen LogP contribution < -0.4 is 5.32 Å². The number of fused-ring (bicyclic) bond motifs is 1. The number of hydrogen-bond donors (Lipinski definition) is 2. The number of carbonyl (C=O) groups excluding carboxylic acids is 1. The molecule has 1 unspecified atom stereocenters. The van der Waals surface area contributed by atoms with Crippen LogP contribution in [0.3, 0.4) is 0 Å². The summed E-state index contributed by atoms with van der Waals surface area (Å²) in [6.45, 7) is 2.07. The average Bonchev–Trinajstić information content (AvgIpc) is 3.13. The molecule has 24 heavy (non-hydrogen) atoms. The van der Waals surface area contributed by atoms with Crippen LogP contribution in [-0.4, -0.2) is 11.0 Å². The number of amides is 1. The summed E-state index contributed by atoms with van der Waals surface area (Å²) in [6.07, 6.45) is 2.36. The first-order chi connectivity index (χ1) is 11.7. The molecule has 4 heteroatoms. The average molecular weight is 339 g/mol. The molecule has 0 spiro atoms. The van der Waals surface area contributed by atoms with Gasteiger partial charge in [-0.25, -0.2) is 0 Å². The lowest BCUT2D eigenvalue weighted by atomic mass is 9.99. The maximum atomic E-state index is 12.3. The summed E-state index contributed by atoms with van der Waals surface area (Å²) in [5.41, 5.74) is 0.737. The van der Waals surface area contributed by atoms with Crippen LogP contribution in [0.15, 0.2) is 53.9 Å². The Labute approximate surface area is 146 Å². The van der Waals surface area contributed by atoms with Gasteiger partial charge in [0.15, 0.2) is 0 Å². The van der Waals surface area contributed by atoms with Gasteiger partial charge in [0, 0.05) is 22.2 Å². The molecule has 3 rings (SSSR count). The third-order valence-electron chi connectivity index (χ3n) is 4.13. The third kappa shape index (κ3) is 3.44.